The van der Waals surface area contributed by atoms with Crippen LogP contribution < -0.4 is 5.32 Å². The van der Waals surface area contributed by atoms with Crippen LogP contribution in [0.1, 0.15) is 83.8 Å². The molecule has 0 fully saturated rings. The zero-order chi connectivity index (χ0) is 23.1. The second-order valence-corrected chi connectivity index (χ2v) is 8.36. The molecule has 0 atom stereocenters. The predicted molar refractivity (Wildman–Crippen MR) is 122 cm³/mol. The Labute approximate surface area is 187 Å². The van der Waals surface area contributed by atoms with Crippen molar-refractivity contribution in [2.45, 2.75) is 91.0 Å². The lowest BCUT2D eigenvalue weighted by molar-refractivity contribution is -0.150. The van der Waals surface area contributed by atoms with E-state index in [1.54, 1.807) is 0 Å². The largest absolute Gasteiger partial charge is 0.463 e. The lowest BCUT2D eigenvalue weighted by atomic mass is 9.92. The van der Waals surface area contributed by atoms with Crippen molar-refractivity contribution in [3.63, 3.8) is 0 Å². The van der Waals surface area contributed by atoms with Gasteiger partial charge in [-0.25, -0.2) is 0 Å². The summed E-state index contributed by atoms with van der Waals surface area (Å²) >= 11 is 0. The fourth-order valence-electron chi connectivity index (χ4n) is 3.57. The molecule has 0 spiro atoms. The molecule has 1 aromatic carbocycles. The Hall–Kier alpha value is -2.37. The fraction of sp³-hybridized carbons (Fsp3) is 0.640. The van der Waals surface area contributed by atoms with Crippen LogP contribution in [0, 0.1) is 0 Å². The highest BCUT2D eigenvalue weighted by Gasteiger charge is 2.33. The van der Waals surface area contributed by atoms with Crippen LogP contribution in [0.3, 0.4) is 0 Å². The number of hydrogen-bond donors (Lipinski definition) is 1. The molecule has 174 valence electrons. The Morgan fingerprint density at radius 2 is 1.26 bits per heavy atom. The number of nitrogens with one attached hydrogen (secondary N) is 1. The molecule has 0 bridgehead atoms. The van der Waals surface area contributed by atoms with E-state index >= 15 is 0 Å². The number of unbranched alkanes of at least 4 members (excludes halogenated alkanes) is 4. The molecule has 31 heavy (non-hydrogen) atoms. The first-order valence-corrected chi connectivity index (χ1v) is 11.4. The Kier molecular flexibility index (Phi) is 12.6. The summed E-state index contributed by atoms with van der Waals surface area (Å²) in [6.07, 6.45) is 9.18. The highest BCUT2D eigenvalue weighted by Crippen LogP contribution is 2.19. The van der Waals surface area contributed by atoms with Crippen molar-refractivity contribution < 1.29 is 23.9 Å². The first kappa shape index (κ1) is 26.7. The van der Waals surface area contributed by atoms with Crippen LogP contribution in [-0.2, 0) is 36.7 Å². The van der Waals surface area contributed by atoms with Gasteiger partial charge >= 0.3 is 11.9 Å². The van der Waals surface area contributed by atoms with Gasteiger partial charge in [0.1, 0.15) is 18.8 Å². The van der Waals surface area contributed by atoms with E-state index in [1.807, 2.05) is 0 Å². The number of hydrogen-bond acceptors (Lipinski definition) is 5. The molecule has 0 unspecified atom stereocenters. The molecule has 0 heterocycles. The lowest BCUT2D eigenvalue weighted by Crippen LogP contribution is -2.55. The maximum atomic E-state index is 11.7. The van der Waals surface area contributed by atoms with E-state index in [2.05, 4.69) is 36.5 Å². The molecule has 1 amide bonds. The highest BCUT2D eigenvalue weighted by molar-refractivity contribution is 5.74. The SMILES string of the molecule is CCCCc1ccc(CCCCCCC(COC(C)=O)(COC(C)=O)NC(C)=O)cc1. The summed E-state index contributed by atoms with van der Waals surface area (Å²) in [5, 5.41) is 2.85. The average Bonchev–Trinajstić information content (AvgIpc) is 2.72. The third kappa shape index (κ3) is 12.2. The van der Waals surface area contributed by atoms with Crippen molar-refractivity contribution in [1.82, 2.24) is 5.32 Å². The molecule has 6 nitrogen and oxygen atoms in total. The summed E-state index contributed by atoms with van der Waals surface area (Å²) in [5.41, 5.74) is 1.87. The molecule has 0 aromatic heterocycles. The Morgan fingerprint density at radius 3 is 1.71 bits per heavy atom. The minimum absolute atomic E-state index is 0.0143. The minimum atomic E-state index is -0.891. The first-order valence-electron chi connectivity index (χ1n) is 11.4. The van der Waals surface area contributed by atoms with Crippen LogP contribution >= 0.6 is 0 Å². The third-order valence-electron chi connectivity index (χ3n) is 5.26. The molecule has 0 saturated carbocycles. The van der Waals surface area contributed by atoms with Crippen molar-refractivity contribution in [1.29, 1.82) is 0 Å². The van der Waals surface area contributed by atoms with Gasteiger partial charge < -0.3 is 14.8 Å². The lowest BCUT2D eigenvalue weighted by Gasteiger charge is -2.33. The minimum Gasteiger partial charge on any atom is -0.463 e. The van der Waals surface area contributed by atoms with E-state index in [0.29, 0.717) is 6.42 Å². The number of ether oxygens (including phenoxy) is 2. The normalized spacial score (nSPS) is 11.1. The molecule has 0 saturated heterocycles. The van der Waals surface area contributed by atoms with E-state index in [9.17, 15) is 14.4 Å². The number of carbonyl (C=O) groups is 3. The van der Waals surface area contributed by atoms with Crippen LogP contribution in [-0.4, -0.2) is 36.6 Å². The van der Waals surface area contributed by atoms with Gasteiger partial charge in [0.25, 0.3) is 0 Å². The van der Waals surface area contributed by atoms with Gasteiger partial charge in [-0.1, -0.05) is 56.9 Å². The molecule has 0 aliphatic heterocycles. The van der Waals surface area contributed by atoms with Crippen LogP contribution in [0.2, 0.25) is 0 Å². The highest BCUT2D eigenvalue weighted by atomic mass is 16.5. The molecular weight excluding hydrogens is 394 g/mol. The summed E-state index contributed by atoms with van der Waals surface area (Å²) in [5.74, 6) is -1.11. The zero-order valence-electron chi connectivity index (χ0n) is 19.6. The van der Waals surface area contributed by atoms with E-state index in [-0.39, 0.29) is 19.1 Å². The fourth-order valence-corrected chi connectivity index (χ4v) is 3.57. The number of amides is 1. The van der Waals surface area contributed by atoms with Crippen molar-refractivity contribution in [2.75, 3.05) is 13.2 Å². The first-order chi connectivity index (χ1) is 14.8. The standard InChI is InChI=1S/C25H39NO5/c1-5-6-11-23-13-15-24(16-14-23)12-9-7-8-10-17-25(26-20(2)27,18-30-21(3)28)19-31-22(4)29/h13-16H,5-12,17-19H2,1-4H3,(H,26,27). The molecule has 1 N–H and O–H groups in total. The van der Waals surface area contributed by atoms with Crippen LogP contribution in [0.25, 0.3) is 0 Å². The number of rotatable bonds is 15. The smallest absolute Gasteiger partial charge is 0.302 e. The van der Waals surface area contributed by atoms with E-state index < -0.39 is 17.5 Å². The molecule has 6 heteroatoms. The van der Waals surface area contributed by atoms with Gasteiger partial charge in [-0.05, 0) is 43.2 Å². The Balaban J connectivity index is 2.48. The average molecular weight is 434 g/mol. The van der Waals surface area contributed by atoms with E-state index in [0.717, 1.165) is 38.5 Å². The molecular formula is C25H39NO5. The van der Waals surface area contributed by atoms with Gasteiger partial charge in [-0.15, -0.1) is 0 Å². The van der Waals surface area contributed by atoms with Crippen LogP contribution in [0.15, 0.2) is 24.3 Å². The van der Waals surface area contributed by atoms with Gasteiger partial charge in [-0.2, -0.15) is 0 Å². The summed E-state index contributed by atoms with van der Waals surface area (Å²) in [7, 11) is 0. The maximum Gasteiger partial charge on any atom is 0.302 e. The second kappa shape index (κ2) is 14.6. The van der Waals surface area contributed by atoms with Gasteiger partial charge in [0.2, 0.25) is 5.91 Å². The quantitative estimate of drug-likeness (QED) is 0.325. The Bertz CT molecular complexity index is 666. The monoisotopic (exact) mass is 433 g/mol. The van der Waals surface area contributed by atoms with Crippen LogP contribution in [0.4, 0.5) is 0 Å². The molecule has 1 rings (SSSR count). The van der Waals surface area contributed by atoms with Crippen molar-refractivity contribution in [3.05, 3.63) is 35.4 Å². The number of aryl methyl sites for hydroxylation is 2. The van der Waals surface area contributed by atoms with Crippen molar-refractivity contribution in [3.8, 4) is 0 Å². The summed E-state index contributed by atoms with van der Waals surface area (Å²) in [6.45, 7) is 6.23. The van der Waals surface area contributed by atoms with Gasteiger partial charge in [-0.3, -0.25) is 14.4 Å². The molecule has 0 aliphatic carbocycles. The van der Waals surface area contributed by atoms with E-state index in [1.165, 1.54) is 44.7 Å². The van der Waals surface area contributed by atoms with Crippen LogP contribution in [0.5, 0.6) is 0 Å². The maximum absolute atomic E-state index is 11.7. The molecule has 0 radical (unpaired) electrons. The summed E-state index contributed by atoms with van der Waals surface area (Å²) in [4.78, 5) is 34.3. The topological polar surface area (TPSA) is 81.7 Å². The number of benzene rings is 1. The van der Waals surface area contributed by atoms with Gasteiger partial charge in [0.05, 0.1) is 0 Å². The number of carbonyl (C=O) groups excluding carboxylic acids is 3. The van der Waals surface area contributed by atoms with Crippen molar-refractivity contribution >= 4 is 17.8 Å². The molecule has 0 aliphatic rings. The third-order valence-corrected chi connectivity index (χ3v) is 5.26. The predicted octanol–water partition coefficient (Wildman–Crippen LogP) is 4.52. The van der Waals surface area contributed by atoms with E-state index in [4.69, 9.17) is 9.47 Å². The second-order valence-electron chi connectivity index (χ2n) is 8.36. The number of esters is 2. The van der Waals surface area contributed by atoms with Crippen molar-refractivity contribution in [2.24, 2.45) is 0 Å². The van der Waals surface area contributed by atoms with Gasteiger partial charge in [0.15, 0.2) is 0 Å². The zero-order valence-corrected chi connectivity index (χ0v) is 19.6. The van der Waals surface area contributed by atoms with Gasteiger partial charge in [0, 0.05) is 20.8 Å². The Morgan fingerprint density at radius 1 is 0.774 bits per heavy atom. The summed E-state index contributed by atoms with van der Waals surface area (Å²) in [6, 6.07) is 8.92. The molecule has 1 aromatic rings. The summed E-state index contributed by atoms with van der Waals surface area (Å²) < 4.78 is 10.3.